The van der Waals surface area contributed by atoms with Crippen LogP contribution < -0.4 is 9.46 Å². The highest BCUT2D eigenvalue weighted by molar-refractivity contribution is 7.92. The Morgan fingerprint density at radius 3 is 2.32 bits per heavy atom. The summed E-state index contributed by atoms with van der Waals surface area (Å²) in [5.41, 5.74) is 1.32. The van der Waals surface area contributed by atoms with E-state index >= 15 is 0 Å². The minimum Gasteiger partial charge on any atom is -0.494 e. The van der Waals surface area contributed by atoms with Crippen LogP contribution in [-0.2, 0) is 17.1 Å². The summed E-state index contributed by atoms with van der Waals surface area (Å²) >= 11 is 0. The molecule has 130 valence electrons. The van der Waals surface area contributed by atoms with Crippen LogP contribution in [0.25, 0.3) is 11.4 Å². The van der Waals surface area contributed by atoms with Crippen molar-refractivity contribution in [2.45, 2.75) is 11.8 Å². The zero-order chi connectivity index (χ0) is 17.9. The van der Waals surface area contributed by atoms with Crippen LogP contribution in [0.5, 0.6) is 5.75 Å². The Balaban J connectivity index is 1.77. The number of hydrogen-bond donors (Lipinski definition) is 1. The summed E-state index contributed by atoms with van der Waals surface area (Å²) in [5, 5.41) is 7.85. The van der Waals surface area contributed by atoms with Gasteiger partial charge in [0.2, 0.25) is 0 Å². The first-order chi connectivity index (χ1) is 12.0. The maximum Gasteiger partial charge on any atom is 0.261 e. The summed E-state index contributed by atoms with van der Waals surface area (Å²) in [6, 6.07) is 13.3. The van der Waals surface area contributed by atoms with Crippen molar-refractivity contribution in [3.63, 3.8) is 0 Å². The summed E-state index contributed by atoms with van der Waals surface area (Å²) in [6.07, 6.45) is 1.61. The molecule has 0 spiro atoms. The molecule has 0 fully saturated rings. The fraction of sp³-hybridized carbons (Fsp3) is 0.176. The Morgan fingerprint density at radius 1 is 1.08 bits per heavy atom. The second kappa shape index (κ2) is 6.94. The van der Waals surface area contributed by atoms with E-state index in [1.54, 1.807) is 47.3 Å². The van der Waals surface area contributed by atoms with Crippen LogP contribution in [0.15, 0.2) is 59.8 Å². The molecule has 0 bridgehead atoms. The second-order valence-corrected chi connectivity index (χ2v) is 7.04. The van der Waals surface area contributed by atoms with Gasteiger partial charge in [0.05, 0.1) is 11.5 Å². The minimum absolute atomic E-state index is 0.174. The number of sulfonamides is 1. The average Bonchev–Trinajstić information content (AvgIpc) is 3.02. The first-order valence-corrected chi connectivity index (χ1v) is 9.18. The van der Waals surface area contributed by atoms with Gasteiger partial charge in [0, 0.05) is 18.3 Å². The van der Waals surface area contributed by atoms with Crippen LogP contribution in [0.3, 0.4) is 0 Å². The van der Waals surface area contributed by atoms with E-state index in [2.05, 4.69) is 14.9 Å². The van der Waals surface area contributed by atoms with E-state index < -0.39 is 10.0 Å². The predicted molar refractivity (Wildman–Crippen MR) is 94.9 cm³/mol. The molecule has 8 heteroatoms. The first-order valence-electron chi connectivity index (χ1n) is 7.70. The zero-order valence-corrected chi connectivity index (χ0v) is 14.7. The minimum atomic E-state index is -3.66. The molecule has 0 aliphatic rings. The van der Waals surface area contributed by atoms with Gasteiger partial charge >= 0.3 is 0 Å². The zero-order valence-electron chi connectivity index (χ0n) is 13.9. The number of benzene rings is 2. The third-order valence-corrected chi connectivity index (χ3v) is 4.95. The number of hydrogen-bond acceptors (Lipinski definition) is 5. The molecule has 0 aliphatic heterocycles. The van der Waals surface area contributed by atoms with Gasteiger partial charge in [-0.15, -0.1) is 10.2 Å². The number of nitrogens with zero attached hydrogens (tertiary/aromatic N) is 3. The lowest BCUT2D eigenvalue weighted by Gasteiger charge is -2.10. The van der Waals surface area contributed by atoms with Crippen molar-refractivity contribution in [2.75, 3.05) is 11.3 Å². The molecule has 0 saturated heterocycles. The number of anilines is 1. The molecular formula is C17H18N4O3S. The summed E-state index contributed by atoms with van der Waals surface area (Å²) in [7, 11) is -1.81. The van der Waals surface area contributed by atoms with E-state index in [0.29, 0.717) is 23.9 Å². The van der Waals surface area contributed by atoms with Gasteiger partial charge in [-0.3, -0.25) is 4.72 Å². The Morgan fingerprint density at radius 2 is 1.76 bits per heavy atom. The molecular weight excluding hydrogens is 340 g/mol. The summed E-state index contributed by atoms with van der Waals surface area (Å²) in [6.45, 7) is 2.40. The van der Waals surface area contributed by atoms with Gasteiger partial charge in [0.1, 0.15) is 12.1 Å². The topological polar surface area (TPSA) is 86.1 Å². The van der Waals surface area contributed by atoms with Gasteiger partial charge in [-0.1, -0.05) is 0 Å². The standard InChI is InChI=1S/C17H18N4O3S/c1-3-24-15-8-10-16(11-9-15)25(22,23)20-14-6-4-13(5-7-14)17-19-18-12-21(17)2/h4-12,20H,3H2,1-2H3. The summed E-state index contributed by atoms with van der Waals surface area (Å²) in [5.74, 6) is 1.34. The average molecular weight is 358 g/mol. The molecule has 0 saturated carbocycles. The lowest BCUT2D eigenvalue weighted by Crippen LogP contribution is -2.12. The Hall–Kier alpha value is -2.87. The molecule has 7 nitrogen and oxygen atoms in total. The summed E-state index contributed by atoms with van der Waals surface area (Å²) < 4.78 is 34.6. The van der Waals surface area contributed by atoms with Crippen molar-refractivity contribution in [2.24, 2.45) is 7.05 Å². The van der Waals surface area contributed by atoms with Crippen LogP contribution in [-0.4, -0.2) is 29.8 Å². The van der Waals surface area contributed by atoms with E-state index in [1.165, 1.54) is 12.1 Å². The Kier molecular flexibility index (Phi) is 4.71. The van der Waals surface area contributed by atoms with Crippen molar-refractivity contribution < 1.29 is 13.2 Å². The molecule has 0 aliphatic carbocycles. The van der Waals surface area contributed by atoms with Crippen LogP contribution in [0, 0.1) is 0 Å². The highest BCUT2D eigenvalue weighted by atomic mass is 32.2. The van der Waals surface area contributed by atoms with Gasteiger partial charge in [-0.05, 0) is 55.5 Å². The quantitative estimate of drug-likeness (QED) is 0.732. The number of aryl methyl sites for hydroxylation is 1. The lowest BCUT2D eigenvalue weighted by molar-refractivity contribution is 0.340. The van der Waals surface area contributed by atoms with Gasteiger partial charge in [-0.25, -0.2) is 8.42 Å². The van der Waals surface area contributed by atoms with Gasteiger partial charge < -0.3 is 9.30 Å². The molecule has 2 aromatic carbocycles. The van der Waals surface area contributed by atoms with Crippen LogP contribution >= 0.6 is 0 Å². The van der Waals surface area contributed by atoms with Crippen LogP contribution in [0.2, 0.25) is 0 Å². The van der Waals surface area contributed by atoms with E-state index in [-0.39, 0.29) is 4.90 Å². The van der Waals surface area contributed by atoms with Crippen LogP contribution in [0.4, 0.5) is 5.69 Å². The Bertz CT molecular complexity index is 948. The molecule has 1 aromatic heterocycles. The molecule has 25 heavy (non-hydrogen) atoms. The fourth-order valence-electron chi connectivity index (χ4n) is 2.33. The van der Waals surface area contributed by atoms with E-state index in [4.69, 9.17) is 4.74 Å². The van der Waals surface area contributed by atoms with Gasteiger partial charge in [-0.2, -0.15) is 0 Å². The normalized spacial score (nSPS) is 11.3. The SMILES string of the molecule is CCOc1ccc(S(=O)(=O)Nc2ccc(-c3nncn3C)cc2)cc1. The monoisotopic (exact) mass is 358 g/mol. The highest BCUT2D eigenvalue weighted by Crippen LogP contribution is 2.22. The van der Waals surface area contributed by atoms with Gasteiger partial charge in [0.15, 0.2) is 5.82 Å². The maximum absolute atomic E-state index is 12.5. The van der Waals surface area contributed by atoms with Crippen molar-refractivity contribution in [3.05, 3.63) is 54.9 Å². The highest BCUT2D eigenvalue weighted by Gasteiger charge is 2.14. The van der Waals surface area contributed by atoms with Crippen LogP contribution in [0.1, 0.15) is 6.92 Å². The van der Waals surface area contributed by atoms with E-state index in [1.807, 2.05) is 14.0 Å². The molecule has 1 N–H and O–H groups in total. The Labute approximate surface area is 146 Å². The molecule has 1 heterocycles. The van der Waals surface area contributed by atoms with Crippen molar-refractivity contribution in [1.29, 1.82) is 0 Å². The van der Waals surface area contributed by atoms with Crippen molar-refractivity contribution >= 4 is 15.7 Å². The van der Waals surface area contributed by atoms with E-state index in [0.717, 1.165) is 5.56 Å². The number of rotatable bonds is 6. The molecule has 0 unspecified atom stereocenters. The van der Waals surface area contributed by atoms with Crippen molar-refractivity contribution in [1.82, 2.24) is 14.8 Å². The molecule has 0 radical (unpaired) electrons. The predicted octanol–water partition coefficient (Wildman–Crippen LogP) is 2.68. The largest absolute Gasteiger partial charge is 0.494 e. The number of nitrogens with one attached hydrogen (secondary N) is 1. The third-order valence-electron chi connectivity index (χ3n) is 3.55. The lowest BCUT2D eigenvalue weighted by atomic mass is 10.2. The fourth-order valence-corrected chi connectivity index (χ4v) is 3.39. The maximum atomic E-state index is 12.5. The molecule has 3 aromatic rings. The van der Waals surface area contributed by atoms with Crippen molar-refractivity contribution in [3.8, 4) is 17.1 Å². The smallest absolute Gasteiger partial charge is 0.261 e. The second-order valence-electron chi connectivity index (χ2n) is 5.35. The molecule has 3 rings (SSSR count). The van der Waals surface area contributed by atoms with Gasteiger partial charge in [0.25, 0.3) is 10.0 Å². The number of ether oxygens (including phenoxy) is 1. The molecule has 0 amide bonds. The third kappa shape index (κ3) is 3.80. The first kappa shape index (κ1) is 17.0. The summed E-state index contributed by atoms with van der Waals surface area (Å²) in [4.78, 5) is 0.174. The number of aromatic nitrogens is 3. The molecule has 0 atom stereocenters. The van der Waals surface area contributed by atoms with E-state index in [9.17, 15) is 8.42 Å².